The first kappa shape index (κ1) is 22.8. The molecule has 4 aromatic rings. The molecule has 0 aliphatic rings. The van der Waals surface area contributed by atoms with Gasteiger partial charge in [0, 0.05) is 24.8 Å². The van der Waals surface area contributed by atoms with Crippen molar-refractivity contribution in [3.05, 3.63) is 89.0 Å². The minimum absolute atomic E-state index is 0.0400. The molecular weight excluding hydrogens is 432 g/mol. The molecule has 0 aliphatic heterocycles. The van der Waals surface area contributed by atoms with E-state index >= 15 is 0 Å². The van der Waals surface area contributed by atoms with Gasteiger partial charge in [0.1, 0.15) is 5.82 Å². The summed E-state index contributed by atoms with van der Waals surface area (Å²) in [6.45, 7) is 7.17. The minimum Gasteiger partial charge on any atom is -0.341 e. The van der Waals surface area contributed by atoms with E-state index in [9.17, 15) is 4.79 Å². The van der Waals surface area contributed by atoms with Crippen LogP contribution in [0.2, 0.25) is 0 Å². The van der Waals surface area contributed by atoms with Gasteiger partial charge in [-0.3, -0.25) is 4.79 Å². The molecule has 0 fully saturated rings. The third-order valence-corrected chi connectivity index (χ3v) is 6.62. The average Bonchev–Trinajstić information content (AvgIpc) is 3.32. The van der Waals surface area contributed by atoms with Crippen LogP contribution in [0.5, 0.6) is 0 Å². The molecular formula is C25H28N6OS. The van der Waals surface area contributed by atoms with E-state index in [0.29, 0.717) is 18.8 Å². The van der Waals surface area contributed by atoms with E-state index in [1.165, 1.54) is 17.3 Å². The molecule has 2 heterocycles. The second kappa shape index (κ2) is 10.0. The van der Waals surface area contributed by atoms with Gasteiger partial charge in [-0.1, -0.05) is 60.3 Å². The molecule has 8 heteroatoms. The maximum Gasteiger partial charge on any atom is 0.233 e. The lowest BCUT2D eigenvalue weighted by atomic mass is 10.2. The number of rotatable bonds is 8. The van der Waals surface area contributed by atoms with Crippen LogP contribution in [-0.4, -0.2) is 48.2 Å². The zero-order valence-electron chi connectivity index (χ0n) is 19.4. The second-order valence-electron chi connectivity index (χ2n) is 8.04. The van der Waals surface area contributed by atoms with Crippen LogP contribution in [0.15, 0.2) is 65.8 Å². The second-order valence-corrected chi connectivity index (χ2v) is 8.98. The molecule has 0 saturated heterocycles. The largest absolute Gasteiger partial charge is 0.341 e. The molecule has 170 valence electrons. The van der Waals surface area contributed by atoms with E-state index in [-0.39, 0.29) is 5.91 Å². The lowest BCUT2D eigenvalue weighted by Crippen LogP contribution is -2.28. The highest BCUT2D eigenvalue weighted by Gasteiger charge is 2.19. The van der Waals surface area contributed by atoms with Crippen molar-refractivity contribution in [2.24, 2.45) is 0 Å². The van der Waals surface area contributed by atoms with Gasteiger partial charge in [-0.15, -0.1) is 10.2 Å². The summed E-state index contributed by atoms with van der Waals surface area (Å²) in [4.78, 5) is 14.7. The summed E-state index contributed by atoms with van der Waals surface area (Å²) in [5.74, 6) is 1.17. The van der Waals surface area contributed by atoms with E-state index in [1.807, 2.05) is 85.6 Å². The van der Waals surface area contributed by atoms with E-state index in [4.69, 9.17) is 5.10 Å². The van der Waals surface area contributed by atoms with Gasteiger partial charge in [0.25, 0.3) is 0 Å². The van der Waals surface area contributed by atoms with E-state index in [0.717, 1.165) is 33.6 Å². The van der Waals surface area contributed by atoms with Gasteiger partial charge < -0.3 is 9.47 Å². The van der Waals surface area contributed by atoms with Crippen molar-refractivity contribution in [3.8, 4) is 5.69 Å². The number of thioether (sulfide) groups is 1. The lowest BCUT2D eigenvalue weighted by molar-refractivity contribution is -0.127. The fourth-order valence-electron chi connectivity index (χ4n) is 3.70. The zero-order valence-corrected chi connectivity index (χ0v) is 20.2. The highest BCUT2D eigenvalue weighted by molar-refractivity contribution is 7.99. The Bertz CT molecular complexity index is 1230. The zero-order chi connectivity index (χ0) is 23.4. The number of benzene rings is 2. The fourth-order valence-corrected chi connectivity index (χ4v) is 4.63. The third-order valence-electron chi connectivity index (χ3n) is 5.67. The maximum absolute atomic E-state index is 12.9. The molecule has 4 rings (SSSR count). The molecule has 0 radical (unpaired) electrons. The van der Waals surface area contributed by atoms with E-state index < -0.39 is 0 Å². The summed E-state index contributed by atoms with van der Waals surface area (Å²) < 4.78 is 3.98. The predicted molar refractivity (Wildman–Crippen MR) is 131 cm³/mol. The normalized spacial score (nSPS) is 11.0. The van der Waals surface area contributed by atoms with Crippen molar-refractivity contribution in [1.29, 1.82) is 0 Å². The van der Waals surface area contributed by atoms with Crippen LogP contribution in [0, 0.1) is 20.8 Å². The highest BCUT2D eigenvalue weighted by Crippen LogP contribution is 2.22. The number of nitrogens with zero attached hydrogens (tertiary/aromatic N) is 6. The Balaban J connectivity index is 1.41. The molecule has 0 bridgehead atoms. The van der Waals surface area contributed by atoms with Crippen molar-refractivity contribution >= 4 is 17.7 Å². The number of amides is 1. The standard InChI is InChI=1S/C25H28N6OS/c1-18-23(19(2)31(28-18)22-13-9-6-10-14-22)16-29(4)24(32)17-33-25-27-26-20(3)30(25)15-21-11-7-5-8-12-21/h5-14H,15-17H2,1-4H3. The Hall–Kier alpha value is -3.39. The van der Waals surface area contributed by atoms with Crippen LogP contribution in [-0.2, 0) is 17.9 Å². The van der Waals surface area contributed by atoms with Gasteiger partial charge >= 0.3 is 0 Å². The number of aromatic nitrogens is 5. The molecule has 0 spiro atoms. The van der Waals surface area contributed by atoms with Crippen molar-refractivity contribution in [1.82, 2.24) is 29.4 Å². The fraction of sp³-hybridized carbons (Fsp3) is 0.280. The first-order valence-corrected chi connectivity index (χ1v) is 11.8. The Kier molecular flexibility index (Phi) is 6.93. The smallest absolute Gasteiger partial charge is 0.233 e. The number of aryl methyl sites for hydroxylation is 2. The molecule has 7 nitrogen and oxygen atoms in total. The number of para-hydroxylation sites is 1. The molecule has 2 aromatic heterocycles. The molecule has 0 saturated carbocycles. The van der Waals surface area contributed by atoms with Gasteiger partial charge in [0.05, 0.1) is 23.7 Å². The summed E-state index contributed by atoms with van der Waals surface area (Å²) >= 11 is 1.42. The highest BCUT2D eigenvalue weighted by atomic mass is 32.2. The Morgan fingerprint density at radius 3 is 2.33 bits per heavy atom. The number of hydrogen-bond donors (Lipinski definition) is 0. The summed E-state index contributed by atoms with van der Waals surface area (Å²) in [7, 11) is 1.83. The van der Waals surface area contributed by atoms with Crippen LogP contribution >= 0.6 is 11.8 Å². The number of carbonyl (C=O) groups excluding carboxylic acids is 1. The topological polar surface area (TPSA) is 68.8 Å². The van der Waals surface area contributed by atoms with E-state index in [2.05, 4.69) is 22.3 Å². The monoisotopic (exact) mass is 460 g/mol. The molecule has 2 aromatic carbocycles. The Morgan fingerprint density at radius 1 is 0.970 bits per heavy atom. The summed E-state index contributed by atoms with van der Waals surface area (Å²) in [6, 6.07) is 20.2. The van der Waals surface area contributed by atoms with Crippen LogP contribution in [0.4, 0.5) is 0 Å². The van der Waals surface area contributed by atoms with Crippen molar-refractivity contribution in [2.75, 3.05) is 12.8 Å². The molecule has 0 unspecified atom stereocenters. The number of hydrogen-bond acceptors (Lipinski definition) is 5. The van der Waals surface area contributed by atoms with Crippen LogP contribution in [0.1, 0.15) is 28.3 Å². The van der Waals surface area contributed by atoms with Gasteiger partial charge in [-0.05, 0) is 38.5 Å². The van der Waals surface area contributed by atoms with Gasteiger partial charge in [0.15, 0.2) is 5.16 Å². The average molecular weight is 461 g/mol. The summed E-state index contributed by atoms with van der Waals surface area (Å²) in [5.41, 5.74) is 5.24. The minimum atomic E-state index is 0.0400. The molecule has 0 N–H and O–H groups in total. The summed E-state index contributed by atoms with van der Waals surface area (Å²) in [5, 5.41) is 13.9. The van der Waals surface area contributed by atoms with E-state index in [1.54, 1.807) is 4.90 Å². The summed E-state index contributed by atoms with van der Waals surface area (Å²) in [6.07, 6.45) is 0. The van der Waals surface area contributed by atoms with Crippen LogP contribution < -0.4 is 0 Å². The predicted octanol–water partition coefficient (Wildman–Crippen LogP) is 4.19. The van der Waals surface area contributed by atoms with Crippen molar-refractivity contribution in [2.45, 2.75) is 39.0 Å². The van der Waals surface area contributed by atoms with Crippen molar-refractivity contribution < 1.29 is 4.79 Å². The van der Waals surface area contributed by atoms with Gasteiger partial charge in [-0.2, -0.15) is 5.10 Å². The van der Waals surface area contributed by atoms with Gasteiger partial charge in [0.2, 0.25) is 5.91 Å². The Morgan fingerprint density at radius 2 is 1.64 bits per heavy atom. The molecule has 0 atom stereocenters. The molecule has 33 heavy (non-hydrogen) atoms. The lowest BCUT2D eigenvalue weighted by Gasteiger charge is -2.17. The van der Waals surface area contributed by atoms with Gasteiger partial charge in [-0.25, -0.2) is 4.68 Å². The first-order chi connectivity index (χ1) is 15.9. The molecule has 1 amide bonds. The first-order valence-electron chi connectivity index (χ1n) is 10.8. The van der Waals surface area contributed by atoms with Crippen LogP contribution in [0.3, 0.4) is 0 Å². The maximum atomic E-state index is 12.9. The molecule has 0 aliphatic carbocycles. The Labute approximate surface area is 198 Å². The van der Waals surface area contributed by atoms with Crippen LogP contribution in [0.25, 0.3) is 5.69 Å². The van der Waals surface area contributed by atoms with Crippen molar-refractivity contribution in [3.63, 3.8) is 0 Å². The number of carbonyl (C=O) groups is 1. The third kappa shape index (κ3) is 5.17. The SMILES string of the molecule is Cc1nn(-c2ccccc2)c(C)c1CN(C)C(=O)CSc1nnc(C)n1Cc1ccccc1. The quantitative estimate of drug-likeness (QED) is 0.369.